The largest absolute Gasteiger partial charge is 0.497 e. The van der Waals surface area contributed by atoms with Crippen LogP contribution in [0.2, 0.25) is 0 Å². The lowest BCUT2D eigenvalue weighted by Gasteiger charge is -2.34. The van der Waals surface area contributed by atoms with Crippen LogP contribution in [-0.2, 0) is 68.9 Å². The summed E-state index contributed by atoms with van der Waals surface area (Å²) in [7, 11) is -0.0836. The topological polar surface area (TPSA) is 143 Å². The number of carbonyl (C=O) groups is 2. The van der Waals surface area contributed by atoms with Gasteiger partial charge in [-0.25, -0.2) is 27.3 Å². The quantitative estimate of drug-likeness (QED) is 0.0758. The molecule has 352 valence electrons. The fourth-order valence-electron chi connectivity index (χ4n) is 7.52. The predicted octanol–water partition coefficient (Wildman–Crippen LogP) is 9.22. The van der Waals surface area contributed by atoms with E-state index in [1.54, 1.807) is 95.2 Å². The maximum Gasteiger partial charge on any atom is 0.416 e. The summed E-state index contributed by atoms with van der Waals surface area (Å²) in [4.78, 5) is 33.9. The van der Waals surface area contributed by atoms with Gasteiger partial charge in [0, 0.05) is 44.0 Å². The summed E-state index contributed by atoms with van der Waals surface area (Å²) in [6.07, 6.45) is -5.02. The molecule has 0 fully saturated rings. The third-order valence-electron chi connectivity index (χ3n) is 11.6. The Kier molecular flexibility index (Phi) is 14.6. The molecule has 13 nitrogen and oxygen atoms in total. The summed E-state index contributed by atoms with van der Waals surface area (Å²) in [5.74, 6) is -0.977. The highest BCUT2D eigenvalue weighted by molar-refractivity contribution is 7.93. The Labute approximate surface area is 390 Å². The maximum absolute atomic E-state index is 14.5. The molecule has 0 bridgehead atoms. The van der Waals surface area contributed by atoms with Crippen LogP contribution in [0.1, 0.15) is 41.7 Å². The van der Waals surface area contributed by atoms with Gasteiger partial charge in [-0.3, -0.25) is 0 Å². The first-order chi connectivity index (χ1) is 32.0. The minimum Gasteiger partial charge on any atom is -0.497 e. The van der Waals surface area contributed by atoms with E-state index in [0.29, 0.717) is 28.1 Å². The van der Waals surface area contributed by atoms with Gasteiger partial charge in [-0.05, 0) is 78.6 Å². The van der Waals surface area contributed by atoms with Gasteiger partial charge in [-0.1, -0.05) is 72.8 Å². The molecule has 1 aliphatic heterocycles. The number of sulfonamides is 1. The molecule has 0 N–H and O–H groups in total. The predicted molar refractivity (Wildman–Crippen MR) is 245 cm³/mol. The van der Waals surface area contributed by atoms with Crippen LogP contribution in [0.3, 0.4) is 0 Å². The second-order valence-corrected chi connectivity index (χ2v) is 18.4. The number of nitrogens with zero attached hydrogens (tertiary/aromatic N) is 3. The highest BCUT2D eigenvalue weighted by Crippen LogP contribution is 2.43. The maximum atomic E-state index is 14.5. The monoisotopic (exact) mass is 959 g/mol. The number of benzene rings is 5. The number of carbonyl (C=O) groups excluding carboxylic acids is 2. The Bertz CT molecular complexity index is 2770. The summed E-state index contributed by atoms with van der Waals surface area (Å²) < 4.78 is 108. The number of halogens is 3. The number of hydrogen-bond donors (Lipinski definition) is 0. The van der Waals surface area contributed by atoms with E-state index in [0.717, 1.165) is 23.5 Å². The third kappa shape index (κ3) is 10.4. The van der Waals surface area contributed by atoms with Gasteiger partial charge < -0.3 is 33.3 Å². The van der Waals surface area contributed by atoms with E-state index >= 15 is 0 Å². The molecule has 5 aromatic carbocycles. The van der Waals surface area contributed by atoms with Gasteiger partial charge in [0.2, 0.25) is 0 Å². The van der Waals surface area contributed by atoms with Crippen molar-refractivity contribution >= 4 is 49.8 Å². The average molecular weight is 960 g/mol. The number of methoxy groups -OCH3 is 3. The van der Waals surface area contributed by atoms with Crippen molar-refractivity contribution in [3.63, 3.8) is 0 Å². The summed E-state index contributed by atoms with van der Waals surface area (Å²) in [6, 6.07) is 31.5. The zero-order chi connectivity index (χ0) is 48.0. The van der Waals surface area contributed by atoms with Crippen LogP contribution in [-0.4, -0.2) is 72.5 Å². The second kappa shape index (κ2) is 20.2. The van der Waals surface area contributed by atoms with E-state index < -0.39 is 57.6 Å². The number of aromatic nitrogens is 1. The van der Waals surface area contributed by atoms with Crippen LogP contribution < -0.4 is 18.7 Å². The van der Waals surface area contributed by atoms with Crippen molar-refractivity contribution in [3.05, 3.63) is 161 Å². The molecular weight excluding hydrogens is 912 g/mol. The molecule has 0 saturated carbocycles. The van der Waals surface area contributed by atoms with Crippen molar-refractivity contribution in [1.29, 1.82) is 0 Å². The van der Waals surface area contributed by atoms with E-state index in [4.69, 9.17) is 28.4 Å². The Morgan fingerprint density at radius 1 is 0.806 bits per heavy atom. The van der Waals surface area contributed by atoms with Gasteiger partial charge in [-0.2, -0.15) is 13.2 Å². The van der Waals surface area contributed by atoms with E-state index in [9.17, 15) is 31.2 Å². The van der Waals surface area contributed by atoms with E-state index in [2.05, 4.69) is 4.98 Å². The highest BCUT2D eigenvalue weighted by atomic mass is 32.2. The van der Waals surface area contributed by atoms with Gasteiger partial charge in [0.25, 0.3) is 10.0 Å². The van der Waals surface area contributed by atoms with Crippen molar-refractivity contribution in [1.82, 2.24) is 4.98 Å². The molecule has 0 spiro atoms. The number of hydrogen-bond acceptors (Lipinski definition) is 13. The lowest BCUT2D eigenvalue weighted by molar-refractivity contribution is -0.184. The van der Waals surface area contributed by atoms with Crippen molar-refractivity contribution < 1.29 is 59.6 Å². The highest BCUT2D eigenvalue weighted by Gasteiger charge is 2.41. The fourth-order valence-corrected chi connectivity index (χ4v) is 9.81. The Morgan fingerprint density at radius 3 is 2.01 bits per heavy atom. The third-order valence-corrected chi connectivity index (χ3v) is 14.2. The number of thiazole rings is 1. The lowest BCUT2D eigenvalue weighted by atomic mass is 9.95. The molecule has 3 atom stereocenters. The summed E-state index contributed by atoms with van der Waals surface area (Å²) in [5, 5.41) is 1.89. The van der Waals surface area contributed by atoms with E-state index in [1.165, 1.54) is 69.9 Å². The molecule has 0 aliphatic carbocycles. The summed E-state index contributed by atoms with van der Waals surface area (Å²) in [5.41, 5.74) is -1.97. The number of alkyl halides is 3. The first-order valence-corrected chi connectivity index (χ1v) is 23.2. The summed E-state index contributed by atoms with van der Waals surface area (Å²) >= 11 is 1.15. The van der Waals surface area contributed by atoms with Gasteiger partial charge in [-0.15, -0.1) is 11.3 Å². The SMILES string of the molecule is COc1ccc(CN(c2nccs2)S(=O)(=O)c2ccc3c(c2)OCCN3c2ccc(C(F)(F)F)cc2CC(COC(=O)[C@@](C)(OC)c2ccccc2)OC(=O)[C@@](C)(OC)c2ccccc2)cc1. The van der Waals surface area contributed by atoms with Crippen LogP contribution in [0.15, 0.2) is 138 Å². The van der Waals surface area contributed by atoms with Crippen LogP contribution in [0, 0.1) is 0 Å². The minimum absolute atomic E-state index is 0.0212. The lowest BCUT2D eigenvalue weighted by Crippen LogP contribution is -2.42. The summed E-state index contributed by atoms with van der Waals surface area (Å²) in [6.45, 7) is 2.53. The molecule has 6 aromatic rings. The van der Waals surface area contributed by atoms with Gasteiger partial charge in [0.1, 0.15) is 30.8 Å². The molecule has 1 aromatic heterocycles. The average Bonchev–Trinajstić information content (AvgIpc) is 3.89. The Hall–Kier alpha value is -6.47. The molecule has 0 radical (unpaired) electrons. The molecule has 1 unspecified atom stereocenters. The Balaban J connectivity index is 1.25. The molecular formula is C49H48F3N3O10S2. The first kappa shape index (κ1) is 48.5. The molecule has 0 saturated heterocycles. The fraction of sp³-hybridized carbons (Fsp3) is 0.286. The molecule has 67 heavy (non-hydrogen) atoms. The van der Waals surface area contributed by atoms with Crippen LogP contribution in [0.25, 0.3) is 0 Å². The van der Waals surface area contributed by atoms with Crippen molar-refractivity contribution in [3.8, 4) is 11.5 Å². The standard InChI is InChI=1S/C49H48F3N3O10S2/c1-47(61-4,35-12-8-6-9-13-35)44(56)64-32-39(65-45(57)48(2,62-5)36-14-10-7-11-15-36)29-34-28-37(49(50,51)52)18-22-41(34)54-25-26-63-43-30-40(21-23-42(43)54)67(58,59)55(46-53-24-27-66-46)31-33-16-19-38(60-3)20-17-33/h6-24,27-28,30,39H,25-26,29,31-32H2,1-5H3/t39?,47-,48-/m0/s1. The van der Waals surface area contributed by atoms with E-state index in [1.807, 2.05) is 0 Å². The normalized spacial score (nSPS) is 15.0. The zero-order valence-electron chi connectivity index (χ0n) is 37.2. The van der Waals surface area contributed by atoms with Crippen LogP contribution >= 0.6 is 11.3 Å². The number of esters is 2. The van der Waals surface area contributed by atoms with Crippen molar-refractivity contribution in [2.75, 3.05) is 50.3 Å². The van der Waals surface area contributed by atoms with Gasteiger partial charge >= 0.3 is 18.1 Å². The molecule has 7 rings (SSSR count). The first-order valence-electron chi connectivity index (χ1n) is 20.9. The minimum atomic E-state index is -4.77. The Morgan fingerprint density at radius 2 is 1.43 bits per heavy atom. The number of fused-ring (bicyclic) bond motifs is 1. The van der Waals surface area contributed by atoms with Gasteiger partial charge in [0.15, 0.2) is 16.3 Å². The molecule has 0 amide bonds. The van der Waals surface area contributed by atoms with Crippen molar-refractivity contribution in [2.45, 2.75) is 55.2 Å². The second-order valence-electron chi connectivity index (χ2n) is 15.7. The van der Waals surface area contributed by atoms with Gasteiger partial charge in [0.05, 0.1) is 36.3 Å². The zero-order valence-corrected chi connectivity index (χ0v) is 38.8. The smallest absolute Gasteiger partial charge is 0.416 e. The number of ether oxygens (including phenoxy) is 6. The molecule has 2 heterocycles. The van der Waals surface area contributed by atoms with Crippen LogP contribution in [0.5, 0.6) is 11.5 Å². The number of rotatable bonds is 18. The molecule has 1 aliphatic rings. The van der Waals surface area contributed by atoms with Crippen molar-refractivity contribution in [2.24, 2.45) is 0 Å². The van der Waals surface area contributed by atoms with E-state index in [-0.39, 0.29) is 53.1 Å². The number of anilines is 3. The molecule has 18 heteroatoms. The van der Waals surface area contributed by atoms with Crippen LogP contribution in [0.4, 0.5) is 29.7 Å².